The minimum Gasteiger partial charge on any atom is -0.322 e. The highest BCUT2D eigenvalue weighted by Crippen LogP contribution is 2.25. The van der Waals surface area contributed by atoms with Crippen LogP contribution < -0.4 is 5.32 Å². The Kier molecular flexibility index (Phi) is 6.50. The van der Waals surface area contributed by atoms with Crippen LogP contribution in [0.2, 0.25) is 0 Å². The number of imide groups is 1. The monoisotopic (exact) mass is 461 g/mol. The lowest BCUT2D eigenvalue weighted by atomic mass is 10.1. The number of nitrogens with zero attached hydrogens (tertiary/aromatic N) is 2. The van der Waals surface area contributed by atoms with Crippen LogP contribution in [-0.4, -0.2) is 39.8 Å². The van der Waals surface area contributed by atoms with Gasteiger partial charge in [-0.15, -0.1) is 11.8 Å². The summed E-state index contributed by atoms with van der Waals surface area (Å²) in [6, 6.07) is 19.5. The smallest absolute Gasteiger partial charge is 0.269 e. The Bertz CT molecular complexity index is 1190. The summed E-state index contributed by atoms with van der Waals surface area (Å²) < 4.78 is 0. The maximum atomic E-state index is 12.4. The van der Waals surface area contributed by atoms with E-state index in [1.807, 2.05) is 12.1 Å². The molecule has 0 unspecified atom stereocenters. The Morgan fingerprint density at radius 3 is 2.09 bits per heavy atom. The number of amides is 3. The van der Waals surface area contributed by atoms with Crippen LogP contribution in [0.3, 0.4) is 0 Å². The summed E-state index contributed by atoms with van der Waals surface area (Å²) in [7, 11) is 0. The van der Waals surface area contributed by atoms with Crippen molar-refractivity contribution in [1.29, 1.82) is 0 Å². The number of hydrogen-bond acceptors (Lipinski definition) is 6. The molecule has 0 aromatic heterocycles. The standard InChI is InChI=1S/C24H19N3O5S/c28-22(16-6-10-18(11-7-16)27(31)32)25-17-8-12-19(13-9-17)33-15-3-14-26-23(29)20-4-1-2-5-21(20)24(26)30/h1-2,4-13H,3,14-15H2,(H,25,28). The highest BCUT2D eigenvalue weighted by atomic mass is 32.2. The predicted molar refractivity (Wildman–Crippen MR) is 125 cm³/mol. The Hall–Kier alpha value is -3.98. The number of nitrogens with one attached hydrogen (secondary N) is 1. The zero-order valence-electron chi connectivity index (χ0n) is 17.4. The van der Waals surface area contributed by atoms with E-state index in [2.05, 4.69) is 5.32 Å². The molecule has 0 atom stereocenters. The van der Waals surface area contributed by atoms with Gasteiger partial charge in [0.25, 0.3) is 23.4 Å². The lowest BCUT2D eigenvalue weighted by molar-refractivity contribution is -0.384. The number of carbonyl (C=O) groups is 3. The molecule has 0 bridgehead atoms. The van der Waals surface area contributed by atoms with Crippen molar-refractivity contribution >= 4 is 40.9 Å². The Morgan fingerprint density at radius 2 is 1.52 bits per heavy atom. The Morgan fingerprint density at radius 1 is 0.909 bits per heavy atom. The molecule has 4 rings (SSSR count). The maximum absolute atomic E-state index is 12.4. The van der Waals surface area contributed by atoms with Crippen molar-refractivity contribution in [3.63, 3.8) is 0 Å². The number of fused-ring (bicyclic) bond motifs is 1. The third-order valence-electron chi connectivity index (χ3n) is 5.13. The fourth-order valence-electron chi connectivity index (χ4n) is 3.43. The van der Waals surface area contributed by atoms with Crippen molar-refractivity contribution in [2.75, 3.05) is 17.6 Å². The van der Waals surface area contributed by atoms with Crippen molar-refractivity contribution in [3.05, 3.63) is 99.6 Å². The average Bonchev–Trinajstić information content (AvgIpc) is 3.07. The maximum Gasteiger partial charge on any atom is 0.269 e. The zero-order chi connectivity index (χ0) is 23.4. The van der Waals surface area contributed by atoms with Crippen LogP contribution in [0.5, 0.6) is 0 Å². The van der Waals surface area contributed by atoms with E-state index in [0.717, 1.165) is 10.6 Å². The summed E-state index contributed by atoms with van der Waals surface area (Å²) in [5, 5.41) is 13.5. The molecule has 3 amide bonds. The van der Waals surface area contributed by atoms with E-state index in [9.17, 15) is 24.5 Å². The molecule has 3 aromatic carbocycles. The third-order valence-corrected chi connectivity index (χ3v) is 6.22. The number of nitro benzene ring substituents is 1. The number of non-ortho nitro benzene ring substituents is 1. The molecule has 0 aliphatic carbocycles. The molecule has 166 valence electrons. The van der Waals surface area contributed by atoms with Crippen molar-refractivity contribution in [3.8, 4) is 0 Å². The number of hydrogen-bond donors (Lipinski definition) is 1. The van der Waals surface area contributed by atoms with Crippen LogP contribution in [0.1, 0.15) is 37.5 Å². The quantitative estimate of drug-likeness (QED) is 0.172. The highest BCUT2D eigenvalue weighted by Gasteiger charge is 2.34. The van der Waals surface area contributed by atoms with Crippen molar-refractivity contribution in [2.45, 2.75) is 11.3 Å². The molecule has 0 fully saturated rings. The molecule has 3 aromatic rings. The summed E-state index contributed by atoms with van der Waals surface area (Å²) in [6.07, 6.45) is 0.661. The first kappa shape index (κ1) is 22.2. The summed E-state index contributed by atoms with van der Waals surface area (Å²) in [6.45, 7) is 0.364. The summed E-state index contributed by atoms with van der Waals surface area (Å²) in [5.41, 5.74) is 1.78. The molecule has 33 heavy (non-hydrogen) atoms. The lowest BCUT2D eigenvalue weighted by Crippen LogP contribution is -2.30. The number of anilines is 1. The fourth-order valence-corrected chi connectivity index (χ4v) is 4.26. The van der Waals surface area contributed by atoms with E-state index in [1.54, 1.807) is 48.2 Å². The van der Waals surface area contributed by atoms with Gasteiger partial charge in [-0.2, -0.15) is 0 Å². The second kappa shape index (κ2) is 9.66. The van der Waals surface area contributed by atoms with E-state index in [-0.39, 0.29) is 23.4 Å². The van der Waals surface area contributed by atoms with Gasteiger partial charge >= 0.3 is 0 Å². The van der Waals surface area contributed by atoms with Crippen LogP contribution in [0.25, 0.3) is 0 Å². The first-order valence-electron chi connectivity index (χ1n) is 10.2. The van der Waals surface area contributed by atoms with Gasteiger partial charge in [-0.3, -0.25) is 29.4 Å². The van der Waals surface area contributed by atoms with Crippen molar-refractivity contribution in [2.24, 2.45) is 0 Å². The molecule has 0 saturated carbocycles. The van der Waals surface area contributed by atoms with Crippen LogP contribution >= 0.6 is 11.8 Å². The molecule has 0 radical (unpaired) electrons. The van der Waals surface area contributed by atoms with Gasteiger partial charge in [0.2, 0.25) is 0 Å². The molecule has 1 heterocycles. The molecule has 1 aliphatic rings. The molecule has 0 spiro atoms. The second-order valence-electron chi connectivity index (χ2n) is 7.29. The predicted octanol–water partition coefficient (Wildman–Crippen LogP) is 4.63. The number of benzene rings is 3. The van der Waals surface area contributed by atoms with E-state index < -0.39 is 4.92 Å². The highest BCUT2D eigenvalue weighted by molar-refractivity contribution is 7.99. The van der Waals surface area contributed by atoms with Gasteiger partial charge in [-0.05, 0) is 60.7 Å². The molecular formula is C24H19N3O5S. The number of rotatable bonds is 8. The number of nitro groups is 1. The first-order valence-corrected chi connectivity index (χ1v) is 11.2. The molecule has 0 saturated heterocycles. The van der Waals surface area contributed by atoms with Crippen LogP contribution in [0, 0.1) is 10.1 Å². The van der Waals surface area contributed by atoms with Gasteiger partial charge in [0.1, 0.15) is 0 Å². The van der Waals surface area contributed by atoms with Crippen LogP contribution in [-0.2, 0) is 0 Å². The van der Waals surface area contributed by atoms with Crippen LogP contribution in [0.15, 0.2) is 77.7 Å². The molecule has 8 nitrogen and oxygen atoms in total. The number of thioether (sulfide) groups is 1. The van der Waals surface area contributed by atoms with Gasteiger partial charge in [0, 0.05) is 34.8 Å². The normalized spacial score (nSPS) is 12.5. The van der Waals surface area contributed by atoms with Gasteiger partial charge in [-0.25, -0.2) is 0 Å². The van der Waals surface area contributed by atoms with Gasteiger partial charge in [0.05, 0.1) is 16.1 Å². The largest absolute Gasteiger partial charge is 0.322 e. The molecule has 9 heteroatoms. The minimum atomic E-state index is -0.516. The number of carbonyl (C=O) groups excluding carboxylic acids is 3. The zero-order valence-corrected chi connectivity index (χ0v) is 18.2. The van der Waals surface area contributed by atoms with Gasteiger partial charge < -0.3 is 5.32 Å². The summed E-state index contributed by atoms with van der Waals surface area (Å²) in [4.78, 5) is 49.5. The summed E-state index contributed by atoms with van der Waals surface area (Å²) >= 11 is 1.59. The fraction of sp³-hybridized carbons (Fsp3) is 0.125. The van der Waals surface area contributed by atoms with Gasteiger partial charge in [-0.1, -0.05) is 12.1 Å². The van der Waals surface area contributed by atoms with E-state index in [4.69, 9.17) is 0 Å². The second-order valence-corrected chi connectivity index (χ2v) is 8.46. The Balaban J connectivity index is 1.25. The lowest BCUT2D eigenvalue weighted by Gasteiger charge is -2.13. The van der Waals surface area contributed by atoms with Gasteiger partial charge in [0.15, 0.2) is 0 Å². The first-order chi connectivity index (χ1) is 15.9. The topological polar surface area (TPSA) is 110 Å². The molecule has 1 aliphatic heterocycles. The summed E-state index contributed by atoms with van der Waals surface area (Å²) in [5.74, 6) is -0.115. The van der Waals surface area contributed by atoms with E-state index in [1.165, 1.54) is 29.2 Å². The molecule has 1 N–H and O–H groups in total. The Labute approximate surface area is 193 Å². The van der Waals surface area contributed by atoms with Crippen molar-refractivity contribution < 1.29 is 19.3 Å². The average molecular weight is 461 g/mol. The third kappa shape index (κ3) is 4.93. The van der Waals surface area contributed by atoms with Crippen molar-refractivity contribution in [1.82, 2.24) is 4.90 Å². The minimum absolute atomic E-state index is 0.0732. The van der Waals surface area contributed by atoms with Crippen LogP contribution in [0.4, 0.5) is 11.4 Å². The molecular weight excluding hydrogens is 442 g/mol. The SMILES string of the molecule is O=C(Nc1ccc(SCCCN2C(=O)c3ccccc3C2=O)cc1)c1ccc([N+](=O)[O-])cc1. The van der Waals surface area contributed by atoms with E-state index in [0.29, 0.717) is 35.3 Å². The van der Waals surface area contributed by atoms with E-state index >= 15 is 0 Å².